The monoisotopic (exact) mass is 471 g/mol. The van der Waals surface area contributed by atoms with Crippen LogP contribution in [0.2, 0.25) is 0 Å². The van der Waals surface area contributed by atoms with E-state index in [0.29, 0.717) is 12.8 Å². The number of rotatable bonds is 5. The molecule has 8 nitrogen and oxygen atoms in total. The van der Waals surface area contributed by atoms with Gasteiger partial charge in [0.05, 0.1) is 5.25 Å². The third-order valence-corrected chi connectivity index (χ3v) is 8.43. The van der Waals surface area contributed by atoms with Gasteiger partial charge in [0.2, 0.25) is 0 Å². The predicted molar refractivity (Wildman–Crippen MR) is 88.8 cm³/mol. The summed E-state index contributed by atoms with van der Waals surface area (Å²) in [4.78, 5) is 24.1. The van der Waals surface area contributed by atoms with Gasteiger partial charge in [-0.05, 0) is 19.8 Å². The van der Waals surface area contributed by atoms with Crippen molar-refractivity contribution < 1.29 is 31.7 Å². The van der Waals surface area contributed by atoms with Gasteiger partial charge in [-0.1, -0.05) is 22.6 Å². The number of esters is 2. The van der Waals surface area contributed by atoms with Gasteiger partial charge in [-0.25, -0.2) is 4.79 Å². The second-order valence-corrected chi connectivity index (χ2v) is 11.1. The normalized spacial score (nSPS) is 43.2. The van der Waals surface area contributed by atoms with E-state index in [2.05, 4.69) is 5.32 Å². The Kier molecular flexibility index (Phi) is 3.90. The number of hydrogen-bond donors (Lipinski definition) is 1. The van der Waals surface area contributed by atoms with Crippen molar-refractivity contribution in [2.45, 2.75) is 46.7 Å². The Labute approximate surface area is 153 Å². The maximum absolute atomic E-state index is 12.0. The van der Waals surface area contributed by atoms with Gasteiger partial charge in [0.1, 0.15) is 15.6 Å². The molecule has 4 rings (SSSR count). The summed E-state index contributed by atoms with van der Waals surface area (Å²) >= 11 is 2.01. The average molecular weight is 471 g/mol. The number of carbonyl (C=O) groups excluding carboxylic acids is 2. The Morgan fingerprint density at radius 1 is 1.38 bits per heavy atom. The van der Waals surface area contributed by atoms with Crippen molar-refractivity contribution >= 4 is 44.6 Å². The maximum atomic E-state index is 12.0. The van der Waals surface area contributed by atoms with Gasteiger partial charge in [0.15, 0.2) is 6.61 Å². The highest BCUT2D eigenvalue weighted by Crippen LogP contribution is 2.55. The minimum Gasteiger partial charge on any atom is -0.457 e. The SMILES string of the molecule is C[C@@](I)(C(=O)OCC(=O)OC1C2CC3C1OS(=O)(=O)C3C2)C1CN1. The first-order valence-corrected chi connectivity index (χ1v) is 10.5. The summed E-state index contributed by atoms with van der Waals surface area (Å²) in [5, 5.41) is 2.60. The molecule has 0 aromatic rings. The van der Waals surface area contributed by atoms with Crippen molar-refractivity contribution in [3.05, 3.63) is 0 Å². The quantitative estimate of drug-likeness (QED) is 0.192. The highest BCUT2D eigenvalue weighted by atomic mass is 127. The van der Waals surface area contributed by atoms with Crippen molar-refractivity contribution in [1.82, 2.24) is 5.32 Å². The maximum Gasteiger partial charge on any atom is 0.344 e. The van der Waals surface area contributed by atoms with Crippen LogP contribution in [0.1, 0.15) is 19.8 Å². The Morgan fingerprint density at radius 2 is 2.08 bits per heavy atom. The highest BCUT2D eigenvalue weighted by Gasteiger charge is 2.65. The Hall–Kier alpha value is -0.460. The lowest BCUT2D eigenvalue weighted by atomic mass is 9.94. The third-order valence-electron chi connectivity index (χ3n) is 5.46. The summed E-state index contributed by atoms with van der Waals surface area (Å²) < 4.78 is 38.6. The summed E-state index contributed by atoms with van der Waals surface area (Å²) in [7, 11) is -3.53. The highest BCUT2D eigenvalue weighted by molar-refractivity contribution is 14.1. The van der Waals surface area contributed by atoms with Crippen LogP contribution in [0, 0.1) is 11.8 Å². The van der Waals surface area contributed by atoms with Crippen LogP contribution in [-0.4, -0.2) is 60.4 Å². The van der Waals surface area contributed by atoms with Gasteiger partial charge < -0.3 is 14.8 Å². The zero-order valence-corrected chi connectivity index (χ0v) is 15.9. The smallest absolute Gasteiger partial charge is 0.344 e. The fourth-order valence-electron chi connectivity index (χ4n) is 4.08. The number of alkyl halides is 1. The average Bonchev–Trinajstić information content (AvgIpc) is 3.16. The van der Waals surface area contributed by atoms with E-state index in [4.69, 9.17) is 13.7 Å². The van der Waals surface area contributed by atoms with E-state index in [1.807, 2.05) is 22.6 Å². The predicted octanol–water partition coefficient (Wildman–Crippen LogP) is -0.256. The van der Waals surface area contributed by atoms with Crippen molar-refractivity contribution in [3.8, 4) is 0 Å². The van der Waals surface area contributed by atoms with Crippen LogP contribution >= 0.6 is 22.6 Å². The summed E-state index contributed by atoms with van der Waals surface area (Å²) in [5.41, 5.74) is 0. The molecule has 0 aromatic carbocycles. The summed E-state index contributed by atoms with van der Waals surface area (Å²) in [5.74, 6) is -1.21. The number of carbonyl (C=O) groups is 2. The molecular formula is C14H18INO7S. The van der Waals surface area contributed by atoms with Crippen molar-refractivity contribution in [2.24, 2.45) is 11.8 Å². The van der Waals surface area contributed by atoms with Crippen LogP contribution in [0.3, 0.4) is 0 Å². The Balaban J connectivity index is 1.32. The summed E-state index contributed by atoms with van der Waals surface area (Å²) in [6, 6.07) is 0.0567. The first-order chi connectivity index (χ1) is 11.2. The molecule has 134 valence electrons. The van der Waals surface area contributed by atoms with Crippen LogP contribution < -0.4 is 5.32 Å². The molecule has 1 N–H and O–H groups in total. The topological polar surface area (TPSA) is 118 Å². The van der Waals surface area contributed by atoms with E-state index >= 15 is 0 Å². The Morgan fingerprint density at radius 3 is 2.75 bits per heavy atom. The number of fused-ring (bicyclic) bond motifs is 1. The minimum absolute atomic E-state index is 0.00688. The molecule has 7 atom stereocenters. The van der Waals surface area contributed by atoms with E-state index < -0.39 is 49.5 Å². The fourth-order valence-corrected chi connectivity index (χ4v) is 6.56. The van der Waals surface area contributed by atoms with Crippen molar-refractivity contribution in [2.75, 3.05) is 13.2 Å². The zero-order chi connectivity index (χ0) is 17.3. The molecule has 0 amide bonds. The summed E-state index contributed by atoms with van der Waals surface area (Å²) in [6.07, 6.45) is 0.0287. The molecule has 0 spiro atoms. The molecule has 0 aromatic heterocycles. The van der Waals surface area contributed by atoms with Gasteiger partial charge in [0.25, 0.3) is 10.1 Å². The molecule has 2 aliphatic carbocycles. The van der Waals surface area contributed by atoms with Gasteiger partial charge in [-0.3, -0.25) is 8.98 Å². The lowest BCUT2D eigenvalue weighted by Gasteiger charge is -2.25. The number of hydrogen-bond acceptors (Lipinski definition) is 8. The van der Waals surface area contributed by atoms with Crippen LogP contribution in [0.25, 0.3) is 0 Å². The number of halogens is 1. The minimum atomic E-state index is -3.53. The molecule has 2 saturated carbocycles. The van der Waals surface area contributed by atoms with Crippen LogP contribution in [0.15, 0.2) is 0 Å². The van der Waals surface area contributed by atoms with Crippen LogP contribution in [0.4, 0.5) is 0 Å². The molecule has 10 heteroatoms. The van der Waals surface area contributed by atoms with E-state index in [-0.39, 0.29) is 17.9 Å². The molecule has 4 fully saturated rings. The van der Waals surface area contributed by atoms with Crippen molar-refractivity contribution in [1.29, 1.82) is 0 Å². The first-order valence-electron chi connectivity index (χ1n) is 7.91. The molecule has 2 aliphatic heterocycles. The summed E-state index contributed by atoms with van der Waals surface area (Å²) in [6.45, 7) is 2.03. The van der Waals surface area contributed by atoms with Gasteiger partial charge >= 0.3 is 11.9 Å². The standard InChI is InChI=1S/C14H18INO7S/c1-14(15,9-4-16-9)13(18)21-5-10(17)22-11-6-2-7-8(3-6)24(19,20)23-12(7)11/h6-9,11-12,16H,2-5H2,1H3/t6?,7?,8?,9?,11?,12?,14-/m0/s1. The van der Waals surface area contributed by atoms with E-state index in [9.17, 15) is 18.0 Å². The second kappa shape index (κ2) is 5.52. The fraction of sp³-hybridized carbons (Fsp3) is 0.857. The molecule has 6 unspecified atom stereocenters. The Bertz CT molecular complexity index is 689. The van der Waals surface area contributed by atoms with Crippen LogP contribution in [-0.2, 0) is 33.4 Å². The third kappa shape index (κ3) is 2.65. The van der Waals surface area contributed by atoms with E-state index in [1.54, 1.807) is 6.92 Å². The van der Waals surface area contributed by atoms with Crippen molar-refractivity contribution in [3.63, 3.8) is 0 Å². The van der Waals surface area contributed by atoms with Gasteiger partial charge in [-0.15, -0.1) is 0 Å². The second-order valence-electron chi connectivity index (χ2n) is 7.05. The molecule has 0 radical (unpaired) electrons. The molecule has 2 saturated heterocycles. The van der Waals surface area contributed by atoms with Gasteiger partial charge in [0, 0.05) is 24.4 Å². The van der Waals surface area contributed by atoms with E-state index in [0.717, 1.165) is 6.54 Å². The lowest BCUT2D eigenvalue weighted by molar-refractivity contribution is -0.167. The lowest BCUT2D eigenvalue weighted by Crippen LogP contribution is -2.40. The number of nitrogens with one attached hydrogen (secondary N) is 1. The molecule has 2 bridgehead atoms. The molecule has 4 aliphatic rings. The number of ether oxygens (including phenoxy) is 2. The molecule has 2 heterocycles. The molecule has 24 heavy (non-hydrogen) atoms. The van der Waals surface area contributed by atoms with Gasteiger partial charge in [-0.2, -0.15) is 8.42 Å². The first kappa shape index (κ1) is 17.0. The molecular weight excluding hydrogens is 453 g/mol. The van der Waals surface area contributed by atoms with E-state index in [1.165, 1.54) is 0 Å². The largest absolute Gasteiger partial charge is 0.457 e. The zero-order valence-electron chi connectivity index (χ0n) is 12.9. The van der Waals surface area contributed by atoms with Crippen LogP contribution in [0.5, 0.6) is 0 Å².